The number of aromatic amines is 1. The number of rotatable bonds is 4. The van der Waals surface area contributed by atoms with Crippen molar-refractivity contribution in [2.24, 2.45) is 0 Å². The first-order chi connectivity index (χ1) is 11.1. The molecular formula is C17H18FN3O2. The summed E-state index contributed by atoms with van der Waals surface area (Å²) in [5.74, 6) is -0.266. The second-order valence-corrected chi connectivity index (χ2v) is 5.71. The van der Waals surface area contributed by atoms with E-state index in [4.69, 9.17) is 0 Å². The molecule has 1 aliphatic heterocycles. The summed E-state index contributed by atoms with van der Waals surface area (Å²) in [5.41, 5.74) is 1.13. The normalized spacial score (nSPS) is 17.4. The number of hydrogen-bond acceptors (Lipinski definition) is 3. The Bertz CT molecular complexity index is 759. The standard InChI is InChI=1S/C17H18FN3O2/c18-13-4-1-3-12(11-13)6-7-16(22)21-10-2-5-15(21)14-8-9-19-17(23)20-14/h1,3-4,8-9,11,15H,2,5-7,10H2,(H,19,20,23). The maximum atomic E-state index is 13.2. The average molecular weight is 315 g/mol. The summed E-state index contributed by atoms with van der Waals surface area (Å²) in [6.07, 6.45) is 4.02. The number of nitrogens with zero attached hydrogens (tertiary/aromatic N) is 2. The Hall–Kier alpha value is -2.50. The van der Waals surface area contributed by atoms with Gasteiger partial charge in [-0.05, 0) is 43.0 Å². The summed E-state index contributed by atoms with van der Waals surface area (Å²) in [4.78, 5) is 32.0. The van der Waals surface area contributed by atoms with Crippen molar-refractivity contribution in [3.8, 4) is 0 Å². The molecule has 6 heteroatoms. The topological polar surface area (TPSA) is 66.1 Å². The Morgan fingerprint density at radius 1 is 1.39 bits per heavy atom. The van der Waals surface area contributed by atoms with Crippen molar-refractivity contribution in [1.29, 1.82) is 0 Å². The third kappa shape index (κ3) is 3.64. The molecule has 0 aliphatic carbocycles. The first kappa shape index (κ1) is 15.4. The molecule has 0 radical (unpaired) electrons. The zero-order valence-electron chi connectivity index (χ0n) is 12.7. The highest BCUT2D eigenvalue weighted by atomic mass is 19.1. The lowest BCUT2D eigenvalue weighted by atomic mass is 10.1. The summed E-state index contributed by atoms with van der Waals surface area (Å²) in [7, 11) is 0. The lowest BCUT2D eigenvalue weighted by Gasteiger charge is -2.24. The van der Waals surface area contributed by atoms with Gasteiger partial charge in [0.25, 0.3) is 0 Å². The fourth-order valence-electron chi connectivity index (χ4n) is 3.05. The van der Waals surface area contributed by atoms with Gasteiger partial charge in [-0.15, -0.1) is 0 Å². The average Bonchev–Trinajstić information content (AvgIpc) is 3.02. The number of likely N-dealkylation sites (tertiary alicyclic amines) is 1. The summed E-state index contributed by atoms with van der Waals surface area (Å²) in [5, 5.41) is 0. The molecule has 5 nitrogen and oxygen atoms in total. The molecule has 0 bridgehead atoms. The Morgan fingerprint density at radius 2 is 2.26 bits per heavy atom. The molecule has 1 aromatic carbocycles. The molecule has 1 atom stereocenters. The van der Waals surface area contributed by atoms with Crippen molar-refractivity contribution >= 4 is 5.91 Å². The highest BCUT2D eigenvalue weighted by molar-refractivity contribution is 5.77. The van der Waals surface area contributed by atoms with Crippen LogP contribution in [0.2, 0.25) is 0 Å². The predicted molar refractivity (Wildman–Crippen MR) is 83.3 cm³/mol. The minimum atomic E-state index is -0.401. The third-order valence-corrected chi connectivity index (χ3v) is 4.15. The van der Waals surface area contributed by atoms with E-state index < -0.39 is 5.69 Å². The number of nitrogens with one attached hydrogen (secondary N) is 1. The molecule has 0 spiro atoms. The zero-order valence-corrected chi connectivity index (χ0v) is 12.7. The maximum Gasteiger partial charge on any atom is 0.345 e. The largest absolute Gasteiger partial charge is 0.345 e. The summed E-state index contributed by atoms with van der Waals surface area (Å²) in [6.45, 7) is 0.678. The van der Waals surface area contributed by atoms with Gasteiger partial charge in [0, 0.05) is 24.9 Å². The number of H-pyrrole nitrogens is 1. The van der Waals surface area contributed by atoms with Crippen molar-refractivity contribution in [2.45, 2.75) is 31.7 Å². The van der Waals surface area contributed by atoms with Crippen LogP contribution >= 0.6 is 0 Å². The van der Waals surface area contributed by atoms with Crippen molar-refractivity contribution in [3.63, 3.8) is 0 Å². The van der Waals surface area contributed by atoms with Gasteiger partial charge in [0.1, 0.15) is 5.82 Å². The van der Waals surface area contributed by atoms with Crippen LogP contribution in [-0.4, -0.2) is 27.3 Å². The first-order valence-corrected chi connectivity index (χ1v) is 7.72. The highest BCUT2D eigenvalue weighted by Crippen LogP contribution is 2.30. The first-order valence-electron chi connectivity index (χ1n) is 7.72. The number of carbonyl (C=O) groups excluding carboxylic acids is 1. The van der Waals surface area contributed by atoms with E-state index in [9.17, 15) is 14.0 Å². The Kier molecular flexibility index (Phi) is 4.50. The molecule has 1 amide bonds. The van der Waals surface area contributed by atoms with Crippen LogP contribution in [-0.2, 0) is 11.2 Å². The number of hydrogen-bond donors (Lipinski definition) is 1. The number of aryl methyl sites for hydroxylation is 1. The molecule has 1 fully saturated rings. The van der Waals surface area contributed by atoms with E-state index in [1.807, 2.05) is 6.07 Å². The molecule has 23 heavy (non-hydrogen) atoms. The van der Waals surface area contributed by atoms with Crippen molar-refractivity contribution in [3.05, 3.63) is 64.1 Å². The van der Waals surface area contributed by atoms with E-state index >= 15 is 0 Å². The van der Waals surface area contributed by atoms with Gasteiger partial charge in [-0.1, -0.05) is 12.1 Å². The lowest BCUT2D eigenvalue weighted by molar-refractivity contribution is -0.132. The molecular weight excluding hydrogens is 297 g/mol. The number of carbonyl (C=O) groups is 1. The second kappa shape index (κ2) is 6.73. The summed E-state index contributed by atoms with van der Waals surface area (Å²) < 4.78 is 13.2. The Balaban J connectivity index is 1.67. The lowest BCUT2D eigenvalue weighted by Crippen LogP contribution is -2.32. The van der Waals surface area contributed by atoms with Gasteiger partial charge in [-0.3, -0.25) is 4.79 Å². The highest BCUT2D eigenvalue weighted by Gasteiger charge is 2.30. The Labute approximate surface area is 133 Å². The smallest absolute Gasteiger partial charge is 0.334 e. The van der Waals surface area contributed by atoms with E-state index in [1.165, 1.54) is 18.3 Å². The quantitative estimate of drug-likeness (QED) is 0.940. The fraction of sp³-hybridized carbons (Fsp3) is 0.353. The predicted octanol–water partition coefficient (Wildman–Crippen LogP) is 2.21. The van der Waals surface area contributed by atoms with E-state index in [-0.39, 0.29) is 17.8 Å². The van der Waals surface area contributed by atoms with Crippen molar-refractivity contribution < 1.29 is 9.18 Å². The van der Waals surface area contributed by atoms with Gasteiger partial charge in [0.2, 0.25) is 5.91 Å². The maximum absolute atomic E-state index is 13.2. The van der Waals surface area contributed by atoms with Crippen LogP contribution in [0.25, 0.3) is 0 Å². The van der Waals surface area contributed by atoms with Crippen molar-refractivity contribution in [2.75, 3.05) is 6.54 Å². The number of halogens is 1. The summed E-state index contributed by atoms with van der Waals surface area (Å²) >= 11 is 0. The molecule has 0 saturated carbocycles. The van der Waals surface area contributed by atoms with Crippen LogP contribution in [0.5, 0.6) is 0 Å². The molecule has 1 unspecified atom stereocenters. The van der Waals surface area contributed by atoms with E-state index in [2.05, 4.69) is 9.97 Å². The van der Waals surface area contributed by atoms with E-state index in [0.717, 1.165) is 24.1 Å². The monoisotopic (exact) mass is 315 g/mol. The van der Waals surface area contributed by atoms with Gasteiger partial charge < -0.3 is 9.88 Å². The van der Waals surface area contributed by atoms with Crippen LogP contribution in [0.3, 0.4) is 0 Å². The molecule has 2 heterocycles. The molecule has 2 aromatic rings. The summed E-state index contributed by atoms with van der Waals surface area (Å²) in [6, 6.07) is 7.94. The van der Waals surface area contributed by atoms with Crippen LogP contribution < -0.4 is 5.69 Å². The van der Waals surface area contributed by atoms with Crippen LogP contribution in [0.1, 0.15) is 36.6 Å². The number of aromatic nitrogens is 2. The Morgan fingerprint density at radius 3 is 3.04 bits per heavy atom. The molecule has 1 aliphatic rings. The zero-order chi connectivity index (χ0) is 16.2. The van der Waals surface area contributed by atoms with E-state index in [1.54, 1.807) is 17.0 Å². The third-order valence-electron chi connectivity index (χ3n) is 4.15. The minimum Gasteiger partial charge on any atom is -0.334 e. The van der Waals surface area contributed by atoms with Gasteiger partial charge >= 0.3 is 5.69 Å². The van der Waals surface area contributed by atoms with Gasteiger partial charge in [0.15, 0.2) is 0 Å². The SMILES string of the molecule is O=C(CCc1cccc(F)c1)N1CCCC1c1ccnc(=O)[nH]1. The molecule has 1 saturated heterocycles. The molecule has 3 rings (SSSR count). The minimum absolute atomic E-state index is 0.0226. The molecule has 120 valence electrons. The van der Waals surface area contributed by atoms with Gasteiger partial charge in [-0.25, -0.2) is 14.2 Å². The number of benzene rings is 1. The second-order valence-electron chi connectivity index (χ2n) is 5.71. The van der Waals surface area contributed by atoms with Crippen LogP contribution in [0, 0.1) is 5.82 Å². The van der Waals surface area contributed by atoms with Gasteiger partial charge in [0.05, 0.1) is 6.04 Å². The van der Waals surface area contributed by atoms with Crippen LogP contribution in [0.4, 0.5) is 4.39 Å². The fourth-order valence-corrected chi connectivity index (χ4v) is 3.05. The molecule has 1 aromatic heterocycles. The van der Waals surface area contributed by atoms with Crippen molar-refractivity contribution in [1.82, 2.24) is 14.9 Å². The van der Waals surface area contributed by atoms with E-state index in [0.29, 0.717) is 19.4 Å². The number of amides is 1. The van der Waals surface area contributed by atoms with Crippen LogP contribution in [0.15, 0.2) is 41.3 Å². The molecule has 1 N–H and O–H groups in total. The van der Waals surface area contributed by atoms with Gasteiger partial charge in [-0.2, -0.15) is 0 Å².